The number of hydrogen-bond donors (Lipinski definition) is 1. The van der Waals surface area contributed by atoms with Gasteiger partial charge >= 0.3 is 0 Å². The molecule has 0 saturated heterocycles. The van der Waals surface area contributed by atoms with Gasteiger partial charge in [0.2, 0.25) is 0 Å². The molecule has 0 aromatic rings. The van der Waals surface area contributed by atoms with Crippen LogP contribution in [0.1, 0.15) is 52.4 Å². The average Bonchev–Trinajstić information content (AvgIpc) is 2.39. The van der Waals surface area contributed by atoms with E-state index < -0.39 is 0 Å². The smallest absolute Gasteiger partial charge is 0.0589 e. The molecule has 0 aromatic carbocycles. The van der Waals surface area contributed by atoms with Crippen molar-refractivity contribution in [1.82, 2.24) is 4.90 Å². The summed E-state index contributed by atoms with van der Waals surface area (Å²) in [5.41, 5.74) is 6.27. The van der Waals surface area contributed by atoms with E-state index in [0.29, 0.717) is 12.1 Å². The molecule has 3 heteroatoms. The molecule has 1 fully saturated rings. The van der Waals surface area contributed by atoms with Crippen LogP contribution in [-0.4, -0.2) is 43.3 Å². The van der Waals surface area contributed by atoms with Crippen LogP contribution in [0.25, 0.3) is 0 Å². The Kier molecular flexibility index (Phi) is 5.90. The molecule has 2 unspecified atom stereocenters. The first-order valence-electron chi connectivity index (χ1n) is 7.09. The third-order valence-corrected chi connectivity index (χ3v) is 4.73. The van der Waals surface area contributed by atoms with Gasteiger partial charge in [0.1, 0.15) is 0 Å². The molecule has 1 saturated carbocycles. The van der Waals surface area contributed by atoms with E-state index in [0.717, 1.165) is 13.0 Å². The summed E-state index contributed by atoms with van der Waals surface area (Å²) in [5, 5.41) is 0. The summed E-state index contributed by atoms with van der Waals surface area (Å²) in [6.45, 7) is 5.29. The fourth-order valence-electron chi connectivity index (χ4n) is 3.36. The molecule has 0 amide bonds. The van der Waals surface area contributed by atoms with Crippen LogP contribution in [0.15, 0.2) is 0 Å². The standard InChI is InChI=1S/C14H30N2O/c1-5-12(6-2)16(3)14(11-15)9-7-8-13(10-14)17-4/h12-13H,5-11,15H2,1-4H3. The Balaban J connectivity index is 2.78. The van der Waals surface area contributed by atoms with Crippen LogP contribution in [0.4, 0.5) is 0 Å². The third-order valence-electron chi connectivity index (χ3n) is 4.73. The molecule has 1 rings (SSSR count). The summed E-state index contributed by atoms with van der Waals surface area (Å²) in [6, 6.07) is 0.647. The second kappa shape index (κ2) is 6.72. The lowest BCUT2D eigenvalue weighted by Gasteiger charge is -2.49. The van der Waals surface area contributed by atoms with Crippen LogP contribution < -0.4 is 5.73 Å². The van der Waals surface area contributed by atoms with Gasteiger partial charge in [0.05, 0.1) is 6.10 Å². The molecule has 0 aromatic heterocycles. The molecule has 2 atom stereocenters. The lowest BCUT2D eigenvalue weighted by Crippen LogP contribution is -2.58. The van der Waals surface area contributed by atoms with E-state index in [2.05, 4.69) is 25.8 Å². The molecule has 1 aliphatic carbocycles. The molecule has 17 heavy (non-hydrogen) atoms. The van der Waals surface area contributed by atoms with Gasteiger partial charge in [-0.25, -0.2) is 0 Å². The molecule has 2 N–H and O–H groups in total. The summed E-state index contributed by atoms with van der Waals surface area (Å²) in [6.07, 6.45) is 7.53. The molecular formula is C14H30N2O. The number of likely N-dealkylation sites (N-methyl/N-ethyl adjacent to an activating group) is 1. The monoisotopic (exact) mass is 242 g/mol. The van der Waals surface area contributed by atoms with E-state index in [1.807, 2.05) is 7.11 Å². The third kappa shape index (κ3) is 3.21. The van der Waals surface area contributed by atoms with E-state index in [-0.39, 0.29) is 5.54 Å². The highest BCUT2D eigenvalue weighted by Gasteiger charge is 2.40. The molecule has 0 heterocycles. The molecule has 0 spiro atoms. The van der Waals surface area contributed by atoms with Gasteiger partial charge in [-0.15, -0.1) is 0 Å². The molecule has 1 aliphatic rings. The first-order chi connectivity index (χ1) is 8.13. The van der Waals surface area contributed by atoms with Crippen molar-refractivity contribution in [2.24, 2.45) is 5.73 Å². The topological polar surface area (TPSA) is 38.5 Å². The van der Waals surface area contributed by atoms with Crippen molar-refractivity contribution in [1.29, 1.82) is 0 Å². The summed E-state index contributed by atoms with van der Waals surface area (Å²) in [7, 11) is 4.08. The Morgan fingerprint density at radius 1 is 1.41 bits per heavy atom. The van der Waals surface area contributed by atoms with Crippen LogP contribution in [0.3, 0.4) is 0 Å². The Morgan fingerprint density at radius 3 is 2.53 bits per heavy atom. The van der Waals surface area contributed by atoms with E-state index in [9.17, 15) is 0 Å². The van der Waals surface area contributed by atoms with Crippen LogP contribution in [0, 0.1) is 0 Å². The molecule has 102 valence electrons. The lowest BCUT2D eigenvalue weighted by atomic mass is 9.78. The predicted molar refractivity (Wildman–Crippen MR) is 73.2 cm³/mol. The van der Waals surface area contributed by atoms with E-state index in [1.54, 1.807) is 0 Å². The summed E-state index contributed by atoms with van der Waals surface area (Å²) in [4.78, 5) is 2.54. The fourth-order valence-corrected chi connectivity index (χ4v) is 3.36. The maximum atomic E-state index is 6.11. The lowest BCUT2D eigenvalue weighted by molar-refractivity contribution is -0.0292. The number of hydrogen-bond acceptors (Lipinski definition) is 3. The van der Waals surface area contributed by atoms with Gasteiger partial charge in [0, 0.05) is 25.2 Å². The van der Waals surface area contributed by atoms with Crippen molar-refractivity contribution >= 4 is 0 Å². The molecule has 0 bridgehead atoms. The highest BCUT2D eigenvalue weighted by molar-refractivity contribution is 4.97. The second-order valence-corrected chi connectivity index (χ2v) is 5.46. The predicted octanol–water partition coefficient (Wildman–Crippen LogP) is 2.39. The van der Waals surface area contributed by atoms with Crippen molar-refractivity contribution in [3.05, 3.63) is 0 Å². The quantitative estimate of drug-likeness (QED) is 0.777. The Bertz CT molecular complexity index is 218. The van der Waals surface area contributed by atoms with Crippen LogP contribution in [-0.2, 0) is 4.74 Å². The minimum Gasteiger partial charge on any atom is -0.381 e. The first-order valence-corrected chi connectivity index (χ1v) is 7.09. The Labute approximate surface area is 107 Å². The minimum atomic E-state index is 0.162. The second-order valence-electron chi connectivity index (χ2n) is 5.46. The Hall–Kier alpha value is -0.120. The number of nitrogens with zero attached hydrogens (tertiary/aromatic N) is 1. The highest BCUT2D eigenvalue weighted by atomic mass is 16.5. The van der Waals surface area contributed by atoms with Crippen molar-refractivity contribution in [3.63, 3.8) is 0 Å². The van der Waals surface area contributed by atoms with E-state index in [1.165, 1.54) is 32.1 Å². The zero-order chi connectivity index (χ0) is 12.9. The Morgan fingerprint density at radius 2 is 2.06 bits per heavy atom. The van der Waals surface area contributed by atoms with Gasteiger partial charge in [0.15, 0.2) is 0 Å². The van der Waals surface area contributed by atoms with Crippen molar-refractivity contribution < 1.29 is 4.74 Å². The van der Waals surface area contributed by atoms with Crippen molar-refractivity contribution in [3.8, 4) is 0 Å². The maximum Gasteiger partial charge on any atom is 0.0589 e. The molecular weight excluding hydrogens is 212 g/mol. The first kappa shape index (κ1) is 14.9. The van der Waals surface area contributed by atoms with Gasteiger partial charge in [-0.2, -0.15) is 0 Å². The number of methoxy groups -OCH3 is 1. The number of nitrogens with two attached hydrogens (primary N) is 1. The van der Waals surface area contributed by atoms with Crippen LogP contribution in [0.2, 0.25) is 0 Å². The van der Waals surface area contributed by atoms with E-state index in [4.69, 9.17) is 10.5 Å². The maximum absolute atomic E-state index is 6.11. The number of ether oxygens (including phenoxy) is 1. The van der Waals surface area contributed by atoms with Crippen molar-refractivity contribution in [2.75, 3.05) is 20.7 Å². The van der Waals surface area contributed by atoms with Crippen molar-refractivity contribution in [2.45, 2.75) is 70.1 Å². The van der Waals surface area contributed by atoms with Gasteiger partial charge < -0.3 is 10.5 Å². The normalized spacial score (nSPS) is 30.2. The largest absolute Gasteiger partial charge is 0.381 e. The van der Waals surface area contributed by atoms with Gasteiger partial charge in [-0.1, -0.05) is 13.8 Å². The van der Waals surface area contributed by atoms with Crippen LogP contribution in [0.5, 0.6) is 0 Å². The van der Waals surface area contributed by atoms with Gasteiger partial charge in [0.25, 0.3) is 0 Å². The zero-order valence-corrected chi connectivity index (χ0v) is 12.0. The average molecular weight is 242 g/mol. The van der Waals surface area contributed by atoms with Crippen LogP contribution >= 0.6 is 0 Å². The summed E-state index contributed by atoms with van der Waals surface area (Å²) < 4.78 is 5.56. The molecule has 3 nitrogen and oxygen atoms in total. The van der Waals surface area contributed by atoms with Gasteiger partial charge in [-0.05, 0) is 45.6 Å². The highest BCUT2D eigenvalue weighted by Crippen LogP contribution is 2.35. The molecule has 0 aliphatic heterocycles. The SMILES string of the molecule is CCC(CC)N(C)C1(CN)CCCC(OC)C1. The summed E-state index contributed by atoms with van der Waals surface area (Å²) >= 11 is 0. The number of rotatable bonds is 6. The summed E-state index contributed by atoms with van der Waals surface area (Å²) in [5.74, 6) is 0. The fraction of sp³-hybridized carbons (Fsp3) is 1.00. The van der Waals surface area contributed by atoms with Gasteiger partial charge in [-0.3, -0.25) is 4.90 Å². The zero-order valence-electron chi connectivity index (χ0n) is 12.0. The minimum absolute atomic E-state index is 0.162. The van der Waals surface area contributed by atoms with E-state index >= 15 is 0 Å². The molecule has 0 radical (unpaired) electrons.